The number of phenols is 8. The second-order valence-electron chi connectivity index (χ2n) is 14.2. The molecule has 0 amide bonds. The predicted octanol–water partition coefficient (Wildman–Crippen LogP) is 3.61. The number of nitrogens with zero attached hydrogens (tertiary/aromatic N) is 2. The molecule has 9 rings (SSSR count). The van der Waals surface area contributed by atoms with Crippen LogP contribution in [0.25, 0.3) is 83.0 Å². The molecule has 10 radical (unpaired) electrons. The summed E-state index contributed by atoms with van der Waals surface area (Å²) in [5, 5.41) is 90.1. The summed E-state index contributed by atoms with van der Waals surface area (Å²) in [5.41, 5.74) is 3.32. The van der Waals surface area contributed by atoms with Gasteiger partial charge in [-0.15, -0.1) is 16.4 Å². The standard InChI is InChI=1S/C45H25B5N2O8/c46-31-32(47)34(49)36(35(50)33(31)48)52-24-15-5-4-14-23(24)51-45(52)22-13-7-12-21(17-22)26-29-27(37(53)41(57)43(59)39(29)55)25(28-30(26)40(56)44(60)42(58)38(28)54)20-11-6-10-19(16-20)18-8-2-1-3-9-18/h1-17,53-60H. The average Bonchev–Trinajstić information content (AvgIpc) is 3.66. The van der Waals surface area contributed by atoms with Gasteiger partial charge < -0.3 is 40.9 Å². The van der Waals surface area contributed by atoms with Gasteiger partial charge in [0, 0.05) is 43.9 Å². The van der Waals surface area contributed by atoms with E-state index in [2.05, 4.69) is 0 Å². The molecule has 15 heteroatoms. The molecule has 0 aliphatic carbocycles. The van der Waals surface area contributed by atoms with Crippen LogP contribution in [-0.2, 0) is 0 Å². The van der Waals surface area contributed by atoms with Crippen molar-refractivity contribution in [2.45, 2.75) is 0 Å². The van der Waals surface area contributed by atoms with Crippen LogP contribution in [0.3, 0.4) is 0 Å². The average molecular weight is 776 g/mol. The molecule has 0 spiro atoms. The van der Waals surface area contributed by atoms with Crippen molar-refractivity contribution in [3.8, 4) is 96.5 Å². The number of rotatable bonds is 5. The number of benzene rings is 8. The lowest BCUT2D eigenvalue weighted by molar-refractivity contribution is 0.350. The van der Waals surface area contributed by atoms with Crippen LogP contribution in [0.1, 0.15) is 0 Å². The normalized spacial score (nSPS) is 11.5. The SMILES string of the molecule is [B]c1c([B])c([B])c(-n2c(-c3cccc(-c4c5c(O)c(O)c(O)c(O)c5c(-c5cccc(-c6ccccc6)c5)c5c(O)c(O)c(O)c(O)c45)c3)nc3ccccc32)c([B])c1[B]. The van der Waals surface area contributed by atoms with Gasteiger partial charge in [0.15, 0.2) is 23.0 Å². The summed E-state index contributed by atoms with van der Waals surface area (Å²) in [4.78, 5) is 4.90. The Morgan fingerprint density at radius 2 is 0.750 bits per heavy atom. The van der Waals surface area contributed by atoms with Crippen molar-refractivity contribution in [3.63, 3.8) is 0 Å². The van der Waals surface area contributed by atoms with E-state index in [9.17, 15) is 40.9 Å². The Morgan fingerprint density at radius 3 is 1.25 bits per heavy atom. The molecule has 0 aliphatic heterocycles. The molecule has 10 nitrogen and oxygen atoms in total. The molecule has 0 atom stereocenters. The predicted molar refractivity (Wildman–Crippen MR) is 238 cm³/mol. The molecule has 1 heterocycles. The minimum Gasteiger partial charge on any atom is -0.504 e. The molecule has 0 saturated carbocycles. The van der Waals surface area contributed by atoms with Gasteiger partial charge in [0.1, 0.15) is 45.1 Å². The summed E-state index contributed by atoms with van der Waals surface area (Å²) in [6, 6.07) is 29.6. The lowest BCUT2D eigenvalue weighted by Crippen LogP contribution is -2.56. The molecule has 8 aromatic carbocycles. The van der Waals surface area contributed by atoms with Crippen molar-refractivity contribution >= 4 is 99.1 Å². The Kier molecular flexibility index (Phi) is 8.75. The number of hydrogen-bond acceptors (Lipinski definition) is 9. The maximum atomic E-state index is 11.8. The first-order chi connectivity index (χ1) is 28.7. The van der Waals surface area contributed by atoms with Crippen LogP contribution in [0.15, 0.2) is 103 Å². The molecule has 0 saturated heterocycles. The first-order valence-corrected chi connectivity index (χ1v) is 18.2. The first kappa shape index (κ1) is 38.0. The van der Waals surface area contributed by atoms with E-state index in [0.717, 1.165) is 5.56 Å². The lowest BCUT2D eigenvalue weighted by Gasteiger charge is -2.24. The van der Waals surface area contributed by atoms with Gasteiger partial charge in [-0.25, -0.2) is 4.98 Å². The second kappa shape index (κ2) is 13.8. The largest absolute Gasteiger partial charge is 0.504 e. The van der Waals surface area contributed by atoms with Crippen LogP contribution < -0.4 is 27.3 Å². The van der Waals surface area contributed by atoms with Gasteiger partial charge in [0.05, 0.1) is 11.0 Å². The highest BCUT2D eigenvalue weighted by Crippen LogP contribution is 2.62. The zero-order valence-corrected chi connectivity index (χ0v) is 31.2. The van der Waals surface area contributed by atoms with Gasteiger partial charge in [-0.05, 0) is 46.5 Å². The molecule has 1 aromatic heterocycles. The monoisotopic (exact) mass is 776 g/mol. The zero-order valence-electron chi connectivity index (χ0n) is 31.2. The van der Waals surface area contributed by atoms with Crippen molar-refractivity contribution in [2.75, 3.05) is 0 Å². The van der Waals surface area contributed by atoms with Crippen molar-refractivity contribution in [3.05, 3.63) is 103 Å². The van der Waals surface area contributed by atoms with Crippen LogP contribution in [0.2, 0.25) is 0 Å². The maximum Gasteiger partial charge on any atom is 0.204 e. The Bertz CT molecular complexity index is 3210. The van der Waals surface area contributed by atoms with Gasteiger partial charge in [0.2, 0.25) is 23.0 Å². The third-order valence-corrected chi connectivity index (χ3v) is 10.9. The molecular formula is C45H25B5N2O8. The molecule has 60 heavy (non-hydrogen) atoms. The Balaban J connectivity index is 1.43. The summed E-state index contributed by atoms with van der Waals surface area (Å²) in [7, 11) is 31.9. The van der Waals surface area contributed by atoms with Gasteiger partial charge >= 0.3 is 0 Å². The van der Waals surface area contributed by atoms with Gasteiger partial charge in [-0.2, -0.15) is 0 Å². The van der Waals surface area contributed by atoms with Gasteiger partial charge in [-0.3, -0.25) is 4.57 Å². The molecule has 9 aromatic rings. The smallest absolute Gasteiger partial charge is 0.204 e. The van der Waals surface area contributed by atoms with E-state index in [1.54, 1.807) is 71.3 Å². The van der Waals surface area contributed by atoms with Crippen LogP contribution in [-0.4, -0.2) is 89.6 Å². The summed E-state index contributed by atoms with van der Waals surface area (Å²) >= 11 is 0. The van der Waals surface area contributed by atoms with Crippen molar-refractivity contribution in [1.82, 2.24) is 9.55 Å². The minimum atomic E-state index is -1.10. The van der Waals surface area contributed by atoms with Crippen molar-refractivity contribution in [1.29, 1.82) is 0 Å². The maximum absolute atomic E-state index is 11.8. The van der Waals surface area contributed by atoms with E-state index in [-0.39, 0.29) is 82.6 Å². The number of hydrogen-bond donors (Lipinski definition) is 8. The highest BCUT2D eigenvalue weighted by atomic mass is 16.4. The number of aromatic hydroxyl groups is 8. The van der Waals surface area contributed by atoms with Crippen molar-refractivity contribution < 1.29 is 40.9 Å². The molecule has 0 aliphatic rings. The van der Waals surface area contributed by atoms with E-state index in [4.69, 9.17) is 44.2 Å². The van der Waals surface area contributed by atoms with Crippen molar-refractivity contribution in [2.24, 2.45) is 0 Å². The highest BCUT2D eigenvalue weighted by molar-refractivity contribution is 6.68. The summed E-state index contributed by atoms with van der Waals surface area (Å²) in [6.45, 7) is 0. The number of fused-ring (bicyclic) bond motifs is 3. The Labute approximate surface area is 348 Å². The summed E-state index contributed by atoms with van der Waals surface area (Å²) in [6.07, 6.45) is 0. The van der Waals surface area contributed by atoms with Crippen LogP contribution >= 0.6 is 0 Å². The van der Waals surface area contributed by atoms with Crippen LogP contribution in [0.5, 0.6) is 46.0 Å². The number of aromatic nitrogens is 2. The van der Waals surface area contributed by atoms with E-state index in [1.165, 1.54) is 0 Å². The highest BCUT2D eigenvalue weighted by Gasteiger charge is 2.33. The van der Waals surface area contributed by atoms with E-state index >= 15 is 0 Å². The fraction of sp³-hybridized carbons (Fsp3) is 0. The number of phenolic OH excluding ortho intramolecular Hbond substituents is 8. The number of imidazole rings is 1. The van der Waals surface area contributed by atoms with Gasteiger partial charge in [0.25, 0.3) is 0 Å². The fourth-order valence-electron chi connectivity index (χ4n) is 8.02. The fourth-order valence-corrected chi connectivity index (χ4v) is 8.02. The number of para-hydroxylation sites is 2. The third-order valence-electron chi connectivity index (χ3n) is 10.9. The van der Waals surface area contributed by atoms with E-state index in [0.29, 0.717) is 22.2 Å². The summed E-state index contributed by atoms with van der Waals surface area (Å²) in [5.74, 6) is -7.77. The lowest BCUT2D eigenvalue weighted by atomic mass is 9.61. The second-order valence-corrected chi connectivity index (χ2v) is 14.2. The topological polar surface area (TPSA) is 180 Å². The Hall–Kier alpha value is -7.53. The van der Waals surface area contributed by atoms with Gasteiger partial charge in [-0.1, -0.05) is 89.8 Å². The van der Waals surface area contributed by atoms with E-state index in [1.807, 2.05) is 36.4 Å². The van der Waals surface area contributed by atoms with Crippen LogP contribution in [0, 0.1) is 0 Å². The zero-order chi connectivity index (χ0) is 42.5. The molecule has 0 fully saturated rings. The molecule has 278 valence electrons. The molecular weight excluding hydrogens is 751 g/mol. The van der Waals surface area contributed by atoms with E-state index < -0.39 is 46.0 Å². The molecule has 0 bridgehead atoms. The minimum absolute atomic E-state index is 0.00166. The molecule has 8 N–H and O–H groups in total. The third kappa shape index (κ3) is 5.38. The quantitative estimate of drug-likeness (QED) is 0.0562. The molecule has 0 unspecified atom stereocenters. The Morgan fingerprint density at radius 1 is 0.367 bits per heavy atom. The first-order valence-electron chi connectivity index (χ1n) is 18.2. The van der Waals surface area contributed by atoms with Crippen LogP contribution in [0.4, 0.5) is 0 Å². The summed E-state index contributed by atoms with van der Waals surface area (Å²) < 4.78 is 1.64.